The van der Waals surface area contributed by atoms with Gasteiger partial charge in [0.2, 0.25) is 6.20 Å². The number of fused-ring (bicyclic) bond motifs is 1. The summed E-state index contributed by atoms with van der Waals surface area (Å²) in [4.78, 5) is 0.289. The first kappa shape index (κ1) is 7.53. The summed E-state index contributed by atoms with van der Waals surface area (Å²) in [5.41, 5.74) is 17.8. The number of nitrogens with two attached hydrogens (primary N) is 3. The van der Waals surface area contributed by atoms with Gasteiger partial charge in [0.25, 0.3) is 0 Å². The van der Waals surface area contributed by atoms with Gasteiger partial charge in [0.1, 0.15) is 5.58 Å². The van der Waals surface area contributed by atoms with Crippen molar-refractivity contribution >= 4 is 28.0 Å². The van der Waals surface area contributed by atoms with E-state index in [9.17, 15) is 5.21 Å². The van der Waals surface area contributed by atoms with Crippen LogP contribution in [0.25, 0.3) is 11.0 Å². The first-order chi connectivity index (χ1) is 6.09. The summed E-state index contributed by atoms with van der Waals surface area (Å²) in [5, 5.41) is 11.3. The van der Waals surface area contributed by atoms with Crippen LogP contribution in [0, 0.1) is 5.21 Å². The van der Waals surface area contributed by atoms with Gasteiger partial charge in [-0.15, -0.1) is 0 Å². The van der Waals surface area contributed by atoms with Crippen molar-refractivity contribution in [2.24, 2.45) is 0 Å². The number of hydrogen-bond acceptors (Lipinski definition) is 5. The van der Waals surface area contributed by atoms with E-state index in [-0.39, 0.29) is 16.2 Å². The zero-order chi connectivity index (χ0) is 9.59. The fourth-order valence-corrected chi connectivity index (χ4v) is 1.18. The molecule has 13 heavy (non-hydrogen) atoms. The average Bonchev–Trinajstić information content (AvgIpc) is 2.44. The van der Waals surface area contributed by atoms with E-state index in [1.54, 1.807) is 0 Å². The Morgan fingerprint density at radius 2 is 1.92 bits per heavy atom. The van der Waals surface area contributed by atoms with Crippen LogP contribution in [-0.4, -0.2) is 0 Å². The molecule has 6 nitrogen and oxygen atoms in total. The Labute approximate surface area is 73.1 Å². The highest BCUT2D eigenvalue weighted by Crippen LogP contribution is 2.30. The van der Waals surface area contributed by atoms with Gasteiger partial charge < -0.3 is 21.7 Å². The number of nitrogens with zero attached hydrogens (tertiary/aromatic N) is 1. The minimum atomic E-state index is 0.229. The summed E-state index contributed by atoms with van der Waals surface area (Å²) < 4.78 is 4.74. The van der Waals surface area contributed by atoms with Gasteiger partial charge in [-0.25, -0.2) is 0 Å². The third-order valence-electron chi connectivity index (χ3n) is 1.84. The Kier molecular flexibility index (Phi) is 1.27. The van der Waals surface area contributed by atoms with Crippen molar-refractivity contribution in [2.45, 2.75) is 0 Å². The molecule has 0 saturated carbocycles. The molecular weight excluding hydrogens is 172 g/mol. The molecule has 0 spiro atoms. The summed E-state index contributed by atoms with van der Waals surface area (Å²) in [6, 6.07) is 1.49. The molecule has 68 valence electrons. The van der Waals surface area contributed by atoms with Crippen molar-refractivity contribution in [2.75, 3.05) is 17.2 Å². The lowest BCUT2D eigenvalue weighted by atomic mass is 10.2. The number of aromatic nitrogens is 1. The van der Waals surface area contributed by atoms with Crippen molar-refractivity contribution in [3.63, 3.8) is 0 Å². The average molecular weight is 180 g/mol. The molecule has 0 radical (unpaired) electrons. The van der Waals surface area contributed by atoms with Crippen LogP contribution in [0.4, 0.5) is 17.1 Å². The molecule has 1 heterocycles. The Bertz CT molecular complexity index is 477. The first-order valence-electron chi connectivity index (χ1n) is 3.56. The molecule has 1 aromatic heterocycles. The van der Waals surface area contributed by atoms with E-state index >= 15 is 0 Å². The molecule has 2 aromatic rings. The SMILES string of the molecule is Nc1cc(N)c2c[n+]([O-])oc2c1N. The van der Waals surface area contributed by atoms with E-state index in [1.807, 2.05) is 0 Å². The fourth-order valence-electron chi connectivity index (χ4n) is 1.18. The highest BCUT2D eigenvalue weighted by Gasteiger charge is 2.11. The number of rotatable bonds is 0. The van der Waals surface area contributed by atoms with Crippen LogP contribution < -0.4 is 22.1 Å². The molecule has 1 aromatic carbocycles. The molecular formula is C7H8N4O2. The lowest BCUT2D eigenvalue weighted by Gasteiger charge is -2.02. The molecule has 0 fully saturated rings. The van der Waals surface area contributed by atoms with Crippen LogP contribution in [-0.2, 0) is 0 Å². The molecule has 2 rings (SSSR count). The molecule has 6 N–H and O–H groups in total. The van der Waals surface area contributed by atoms with Gasteiger partial charge in [0, 0.05) is 10.6 Å². The number of anilines is 3. The lowest BCUT2D eigenvalue weighted by molar-refractivity contribution is -0.788. The van der Waals surface area contributed by atoms with Crippen LogP contribution in [0.2, 0.25) is 0 Å². The Morgan fingerprint density at radius 3 is 2.62 bits per heavy atom. The van der Waals surface area contributed by atoms with Crippen LogP contribution in [0.1, 0.15) is 0 Å². The maximum absolute atomic E-state index is 10.8. The monoisotopic (exact) mass is 180 g/mol. The molecule has 0 aliphatic rings. The molecule has 0 aliphatic heterocycles. The third kappa shape index (κ3) is 0.919. The van der Waals surface area contributed by atoms with Gasteiger partial charge in [-0.3, -0.25) is 5.21 Å². The molecule has 6 heteroatoms. The van der Waals surface area contributed by atoms with Gasteiger partial charge >= 0.3 is 0 Å². The zero-order valence-electron chi connectivity index (χ0n) is 6.65. The Hall–Kier alpha value is -2.11. The van der Waals surface area contributed by atoms with Gasteiger partial charge in [-0.2, -0.15) is 0 Å². The molecule has 0 atom stereocenters. The second-order valence-corrected chi connectivity index (χ2v) is 2.72. The maximum Gasteiger partial charge on any atom is 0.244 e. The van der Waals surface area contributed by atoms with Gasteiger partial charge in [0.05, 0.1) is 16.8 Å². The van der Waals surface area contributed by atoms with E-state index in [1.165, 1.54) is 12.3 Å². The molecule has 0 bridgehead atoms. The number of nitrogen functional groups attached to an aromatic ring is 3. The van der Waals surface area contributed by atoms with Crippen molar-refractivity contribution in [3.05, 3.63) is 17.5 Å². The van der Waals surface area contributed by atoms with E-state index in [0.717, 1.165) is 0 Å². The smallest absolute Gasteiger partial charge is 0.244 e. The minimum absolute atomic E-state index is 0.229. The van der Waals surface area contributed by atoms with Gasteiger partial charge in [0.15, 0.2) is 0 Å². The third-order valence-corrected chi connectivity index (χ3v) is 1.84. The van der Waals surface area contributed by atoms with E-state index in [0.29, 0.717) is 16.8 Å². The van der Waals surface area contributed by atoms with E-state index < -0.39 is 0 Å². The van der Waals surface area contributed by atoms with Gasteiger partial charge in [-0.1, -0.05) is 0 Å². The summed E-state index contributed by atoms with van der Waals surface area (Å²) >= 11 is 0. The number of benzene rings is 1. The van der Waals surface area contributed by atoms with Crippen molar-refractivity contribution in [1.29, 1.82) is 0 Å². The summed E-state index contributed by atoms with van der Waals surface area (Å²) in [5.74, 6) is 0. The second-order valence-electron chi connectivity index (χ2n) is 2.72. The largest absolute Gasteiger partial charge is 0.398 e. The van der Waals surface area contributed by atoms with Crippen LogP contribution in [0.15, 0.2) is 16.8 Å². The quantitative estimate of drug-likeness (QED) is 0.383. The number of hydrogen-bond donors (Lipinski definition) is 3. The normalized spacial score (nSPS) is 10.8. The first-order valence-corrected chi connectivity index (χ1v) is 3.56. The van der Waals surface area contributed by atoms with Crippen LogP contribution in [0.5, 0.6) is 0 Å². The zero-order valence-corrected chi connectivity index (χ0v) is 6.65. The second kappa shape index (κ2) is 2.19. The van der Waals surface area contributed by atoms with Gasteiger partial charge in [-0.05, 0) is 6.07 Å². The topological polar surface area (TPSA) is 118 Å². The molecule has 0 unspecified atom stereocenters. The predicted octanol–water partition coefficient (Wildman–Crippen LogP) is -0.187. The molecule has 0 aliphatic carbocycles. The van der Waals surface area contributed by atoms with E-state index in [4.69, 9.17) is 21.7 Å². The predicted molar refractivity (Wildman–Crippen MR) is 48.4 cm³/mol. The minimum Gasteiger partial charge on any atom is -0.398 e. The van der Waals surface area contributed by atoms with Crippen molar-refractivity contribution in [1.82, 2.24) is 0 Å². The lowest BCUT2D eigenvalue weighted by Crippen LogP contribution is -2.20. The summed E-state index contributed by atoms with van der Waals surface area (Å²) in [6.45, 7) is 0. The Morgan fingerprint density at radius 1 is 1.23 bits per heavy atom. The summed E-state index contributed by atoms with van der Waals surface area (Å²) in [7, 11) is 0. The fraction of sp³-hybridized carbons (Fsp3) is 0. The van der Waals surface area contributed by atoms with E-state index in [2.05, 4.69) is 0 Å². The molecule has 0 saturated heterocycles. The van der Waals surface area contributed by atoms with Crippen molar-refractivity contribution in [3.8, 4) is 0 Å². The molecule has 0 amide bonds. The summed E-state index contributed by atoms with van der Waals surface area (Å²) in [6.07, 6.45) is 1.21. The standard InChI is InChI=1S/C7H8N4O2/c8-4-1-5(9)6(10)7-3(4)2-11(12)13-7/h1-2H,8-10H2. The van der Waals surface area contributed by atoms with Crippen LogP contribution >= 0.6 is 0 Å². The maximum atomic E-state index is 10.8. The van der Waals surface area contributed by atoms with Crippen molar-refractivity contribution < 1.29 is 9.43 Å². The van der Waals surface area contributed by atoms with Crippen LogP contribution in [0.3, 0.4) is 0 Å². The highest BCUT2D eigenvalue weighted by molar-refractivity contribution is 6.00. The Balaban J connectivity index is 2.95. The highest BCUT2D eigenvalue weighted by atomic mass is 16.7.